The standard InChI is InChI=1S/C20H18N2O2S/c1-15-7-9-16(10-8-15)19(23)18(22-11-3-2-4-12-22)20(25)21-14-17-6-5-13-24-17/h2-13,18H,14H2,1H3/t18-/m0/s1. The summed E-state index contributed by atoms with van der Waals surface area (Å²) >= 11 is 5.48. The van der Waals surface area contributed by atoms with E-state index in [1.165, 1.54) is 0 Å². The Labute approximate surface area is 152 Å². The number of carbonyl (C=O) groups is 1. The number of Topliss-reactive ketones (excluding diaryl/α,β-unsaturated/α-hetero) is 1. The Morgan fingerprint density at radius 2 is 1.84 bits per heavy atom. The number of aliphatic imine (C=N–C) groups is 1. The van der Waals surface area contributed by atoms with E-state index in [4.69, 9.17) is 17.0 Å². The first kappa shape index (κ1) is 17.0. The van der Waals surface area contributed by atoms with Gasteiger partial charge in [0.05, 0.1) is 12.8 Å². The predicted octanol–water partition coefficient (Wildman–Crippen LogP) is 3.45. The van der Waals surface area contributed by atoms with Crippen LogP contribution in [-0.2, 0) is 19.2 Å². The van der Waals surface area contributed by atoms with Gasteiger partial charge in [0.2, 0.25) is 11.8 Å². The molecule has 0 unspecified atom stereocenters. The molecule has 3 rings (SSSR count). The highest BCUT2D eigenvalue weighted by molar-refractivity contribution is 7.77. The molecule has 4 nitrogen and oxygen atoms in total. The fraction of sp³-hybridized carbons (Fsp3) is 0.150. The minimum atomic E-state index is -0.658. The number of carbonyl (C=O) groups excluding carboxylic acids is 1. The number of benzene rings is 1. The van der Waals surface area contributed by atoms with Gasteiger partial charge in [-0.1, -0.05) is 35.9 Å². The van der Waals surface area contributed by atoms with Crippen LogP contribution >= 0.6 is 0 Å². The van der Waals surface area contributed by atoms with E-state index in [1.54, 1.807) is 16.9 Å². The van der Waals surface area contributed by atoms with Crippen molar-refractivity contribution in [2.24, 2.45) is 4.99 Å². The highest BCUT2D eigenvalue weighted by Gasteiger charge is 2.27. The number of aryl methyl sites for hydroxylation is 1. The molecule has 0 amide bonds. The molecule has 0 saturated heterocycles. The lowest BCUT2D eigenvalue weighted by Gasteiger charge is -2.18. The first-order valence-electron chi connectivity index (χ1n) is 7.95. The number of aromatic nitrogens is 1. The zero-order valence-corrected chi connectivity index (χ0v) is 14.6. The van der Waals surface area contributed by atoms with E-state index in [1.807, 2.05) is 67.8 Å². The molecule has 126 valence electrons. The van der Waals surface area contributed by atoms with Crippen molar-refractivity contribution in [1.29, 1.82) is 0 Å². The third-order valence-electron chi connectivity index (χ3n) is 3.83. The molecule has 1 aromatic carbocycles. The van der Waals surface area contributed by atoms with Gasteiger partial charge in [0, 0.05) is 17.7 Å². The molecule has 0 spiro atoms. The van der Waals surface area contributed by atoms with E-state index in [-0.39, 0.29) is 5.78 Å². The summed E-state index contributed by atoms with van der Waals surface area (Å²) in [6.45, 7) is 2.30. The third-order valence-corrected chi connectivity index (χ3v) is 4.18. The molecular weight excluding hydrogens is 332 g/mol. The van der Waals surface area contributed by atoms with Crippen LogP contribution in [0.1, 0.15) is 27.7 Å². The third kappa shape index (κ3) is 4.19. The lowest BCUT2D eigenvalue weighted by Crippen LogP contribution is -2.47. The van der Waals surface area contributed by atoms with Crippen molar-refractivity contribution in [1.82, 2.24) is 0 Å². The molecule has 0 bridgehead atoms. The van der Waals surface area contributed by atoms with Gasteiger partial charge in [0.1, 0.15) is 5.76 Å². The Morgan fingerprint density at radius 1 is 1.12 bits per heavy atom. The van der Waals surface area contributed by atoms with E-state index in [0.717, 1.165) is 5.56 Å². The van der Waals surface area contributed by atoms with E-state index in [2.05, 4.69) is 4.99 Å². The summed E-state index contributed by atoms with van der Waals surface area (Å²) in [6, 6.07) is 16.1. The number of nitrogens with zero attached hydrogens (tertiary/aromatic N) is 2. The summed E-state index contributed by atoms with van der Waals surface area (Å²) < 4.78 is 7.07. The van der Waals surface area contributed by atoms with E-state index in [9.17, 15) is 4.79 Å². The molecule has 0 aliphatic heterocycles. The van der Waals surface area contributed by atoms with Gasteiger partial charge in [-0.3, -0.25) is 4.79 Å². The number of pyridine rings is 1. The smallest absolute Gasteiger partial charge is 0.237 e. The molecule has 0 fully saturated rings. The maximum Gasteiger partial charge on any atom is 0.237 e. The van der Waals surface area contributed by atoms with Crippen LogP contribution in [0.4, 0.5) is 0 Å². The number of hydrogen-bond acceptors (Lipinski definition) is 4. The maximum absolute atomic E-state index is 13.1. The van der Waals surface area contributed by atoms with Crippen LogP contribution in [0.25, 0.3) is 0 Å². The summed E-state index contributed by atoms with van der Waals surface area (Å²) in [5, 5.41) is 0.332. The van der Waals surface area contributed by atoms with Crippen LogP contribution in [0.2, 0.25) is 0 Å². The fourth-order valence-electron chi connectivity index (χ4n) is 2.48. The Morgan fingerprint density at radius 3 is 2.48 bits per heavy atom. The van der Waals surface area contributed by atoms with Gasteiger partial charge in [-0.05, 0) is 24.1 Å². The topological polar surface area (TPSA) is 46.5 Å². The van der Waals surface area contributed by atoms with Gasteiger partial charge in [-0.2, -0.15) is 4.57 Å². The van der Waals surface area contributed by atoms with Gasteiger partial charge in [-0.15, -0.1) is 0 Å². The van der Waals surface area contributed by atoms with Crippen LogP contribution < -0.4 is 4.57 Å². The molecular formula is C20H18N2O2S. The summed E-state index contributed by atoms with van der Waals surface area (Å²) in [5.74, 6) is 0.631. The average Bonchev–Trinajstić information content (AvgIpc) is 3.15. The minimum absolute atomic E-state index is 0.0793. The van der Waals surface area contributed by atoms with Gasteiger partial charge in [0.15, 0.2) is 12.4 Å². The Kier molecular flexibility index (Phi) is 5.36. The number of furan rings is 1. The first-order valence-corrected chi connectivity index (χ1v) is 8.36. The molecule has 1 atom stereocenters. The molecule has 0 aliphatic rings. The summed E-state index contributed by atoms with van der Waals surface area (Å²) in [7, 11) is 0. The zero-order valence-electron chi connectivity index (χ0n) is 13.8. The zero-order chi connectivity index (χ0) is 17.6. The molecule has 2 heterocycles. The predicted molar refractivity (Wildman–Crippen MR) is 98.4 cm³/mol. The van der Waals surface area contributed by atoms with Crippen LogP contribution in [0.15, 0.2) is 82.7 Å². The molecule has 25 heavy (non-hydrogen) atoms. The lowest BCUT2D eigenvalue weighted by molar-refractivity contribution is -0.691. The molecule has 0 N–H and O–H groups in total. The molecule has 0 aliphatic carbocycles. The molecule has 3 aromatic rings. The van der Waals surface area contributed by atoms with Gasteiger partial charge in [-0.25, -0.2) is 0 Å². The molecule has 0 saturated carbocycles. The van der Waals surface area contributed by atoms with Gasteiger partial charge >= 0.3 is 0 Å². The normalized spacial score (nSPS) is 12.8. The van der Waals surface area contributed by atoms with Gasteiger partial charge < -0.3 is 22.0 Å². The highest BCUT2D eigenvalue weighted by Crippen LogP contribution is 2.13. The second-order valence-corrected chi connectivity index (χ2v) is 6.11. The van der Waals surface area contributed by atoms with Crippen molar-refractivity contribution in [3.8, 4) is 0 Å². The van der Waals surface area contributed by atoms with Crippen molar-refractivity contribution in [2.75, 3.05) is 0 Å². The SMILES string of the molecule is Cc1ccc(C(=O)[C@@H](C([S-])=NCc2ccco2)[n+]2ccccc2)cc1. The highest BCUT2D eigenvalue weighted by atomic mass is 32.1. The van der Waals surface area contributed by atoms with Crippen LogP contribution in [0.3, 0.4) is 0 Å². The summed E-state index contributed by atoms with van der Waals surface area (Å²) in [4.78, 5) is 17.5. The molecule has 2 aromatic heterocycles. The quantitative estimate of drug-likeness (QED) is 0.225. The van der Waals surface area contributed by atoms with E-state index < -0.39 is 6.04 Å². The van der Waals surface area contributed by atoms with E-state index in [0.29, 0.717) is 22.9 Å². The van der Waals surface area contributed by atoms with Crippen molar-refractivity contribution < 1.29 is 13.8 Å². The maximum atomic E-state index is 13.1. The van der Waals surface area contributed by atoms with Crippen LogP contribution in [-0.4, -0.2) is 10.8 Å². The van der Waals surface area contributed by atoms with E-state index >= 15 is 0 Å². The number of hydrogen-bond donors (Lipinski definition) is 0. The van der Waals surface area contributed by atoms with Gasteiger partial charge in [0.25, 0.3) is 0 Å². The van der Waals surface area contributed by atoms with Crippen molar-refractivity contribution in [3.05, 3.63) is 90.1 Å². The lowest BCUT2D eigenvalue weighted by atomic mass is 10.0. The number of rotatable bonds is 6. The minimum Gasteiger partial charge on any atom is -0.758 e. The van der Waals surface area contributed by atoms with Crippen molar-refractivity contribution in [2.45, 2.75) is 19.5 Å². The summed E-state index contributed by atoms with van der Waals surface area (Å²) in [6.07, 6.45) is 5.24. The van der Waals surface area contributed by atoms with Crippen molar-refractivity contribution >= 4 is 23.5 Å². The largest absolute Gasteiger partial charge is 0.758 e. The number of ketones is 1. The fourth-order valence-corrected chi connectivity index (χ4v) is 2.77. The van der Waals surface area contributed by atoms with Crippen molar-refractivity contribution in [3.63, 3.8) is 0 Å². The Hall–Kier alpha value is -2.79. The van der Waals surface area contributed by atoms with Crippen LogP contribution in [0.5, 0.6) is 0 Å². The van der Waals surface area contributed by atoms with Crippen LogP contribution in [0, 0.1) is 6.92 Å². The Balaban J connectivity index is 1.93. The average molecular weight is 350 g/mol. The second kappa shape index (κ2) is 7.85. The monoisotopic (exact) mass is 350 g/mol. The Bertz CT molecular complexity index is 856. The first-order chi connectivity index (χ1) is 12.1. The summed E-state index contributed by atoms with van der Waals surface area (Å²) in [5.41, 5.74) is 1.72. The second-order valence-electron chi connectivity index (χ2n) is 5.69. The molecule has 5 heteroatoms. The molecule has 0 radical (unpaired) electrons.